The SMILES string of the molecule is C.C=CC(=O)OCCCCOC(=O)Oc1ccc(C(=O)Oc2ccc(C(=O)OC3CO[C@@H]4[C@@H](OC(=O)c5ccc(OC(=O)c6ccc(OC(=O)OCCCCOC(=O)C=C)cc6)cc5)CO[C@H]34)cc2)cc1.C=CC(=O)OCCCCOC(=O)Oc1ccc(C(=O)Oc2ccc(C(=O)OC3CO[C@H]4[C@@H]3OC[C@H]4OC(=O)c3ccc(OC(=O)c4ccc(OC(=O)OCCCCOC(=O)C=C)cc4)cc3)cc2)cc1. The molecule has 4 heterocycles. The fraction of sp³-hybridized carbons (Fsp3) is 0.287. The van der Waals surface area contributed by atoms with Gasteiger partial charge in [0.05, 0.1) is 124 Å². The van der Waals surface area contributed by atoms with Crippen LogP contribution in [-0.4, -0.2) is 224 Å². The van der Waals surface area contributed by atoms with E-state index in [1.165, 1.54) is 194 Å². The molecule has 740 valence electrons. The number of rotatable bonds is 44. The van der Waals surface area contributed by atoms with Crippen molar-refractivity contribution in [2.24, 2.45) is 0 Å². The van der Waals surface area contributed by atoms with Crippen molar-refractivity contribution >= 4 is 96.3 Å². The molecule has 0 spiro atoms. The molecule has 40 heteroatoms. The van der Waals surface area contributed by atoms with Gasteiger partial charge in [0.2, 0.25) is 0 Å². The predicted molar refractivity (Wildman–Crippen MR) is 483 cm³/mol. The van der Waals surface area contributed by atoms with Crippen LogP contribution in [0.3, 0.4) is 0 Å². The minimum atomic E-state index is -0.945. The Kier molecular flexibility index (Phi) is 41.4. The third kappa shape index (κ3) is 33.9. The Morgan fingerprint density at radius 2 is 0.355 bits per heavy atom. The number of hydrogen-bond donors (Lipinski definition) is 0. The minimum Gasteiger partial charge on any atom is -0.463 e. The highest BCUT2D eigenvalue weighted by Crippen LogP contribution is 2.35. The average Bonchev–Trinajstić information content (AvgIpc) is 1.64. The molecule has 0 bridgehead atoms. The van der Waals surface area contributed by atoms with Crippen molar-refractivity contribution in [3.63, 3.8) is 0 Å². The van der Waals surface area contributed by atoms with E-state index in [0.717, 1.165) is 24.3 Å². The average molecular weight is 1950 g/mol. The summed E-state index contributed by atoms with van der Waals surface area (Å²) in [6.45, 7) is 14.0. The highest BCUT2D eigenvalue weighted by molar-refractivity contribution is 5.96. The van der Waals surface area contributed by atoms with Gasteiger partial charge in [0, 0.05) is 24.3 Å². The molecule has 0 saturated carbocycles. The van der Waals surface area contributed by atoms with Gasteiger partial charge in [0.15, 0.2) is 24.4 Å². The van der Waals surface area contributed by atoms with Gasteiger partial charge in [-0.2, -0.15) is 0 Å². The summed E-state index contributed by atoms with van der Waals surface area (Å²) in [5, 5.41) is 0. The van der Waals surface area contributed by atoms with Gasteiger partial charge >= 0.3 is 96.3 Å². The zero-order valence-electron chi connectivity index (χ0n) is 74.7. The summed E-state index contributed by atoms with van der Waals surface area (Å²) in [6, 6.07) is 44.9. The molecule has 4 aliphatic rings. The molecule has 141 heavy (non-hydrogen) atoms. The van der Waals surface area contributed by atoms with Gasteiger partial charge in [-0.05, 0) is 245 Å². The number of unbranched alkanes of at least 4 members (excludes halogenated alkanes) is 4. The molecular weight excluding hydrogens is 1850 g/mol. The summed E-state index contributed by atoms with van der Waals surface area (Å²) < 4.78 is 127. The van der Waals surface area contributed by atoms with Gasteiger partial charge < -0.3 is 114 Å². The number of esters is 12. The second kappa shape index (κ2) is 54.9. The van der Waals surface area contributed by atoms with Crippen LogP contribution in [0.5, 0.6) is 46.0 Å². The highest BCUT2D eigenvalue weighted by Gasteiger charge is 2.53. The second-order valence-electron chi connectivity index (χ2n) is 29.8. The van der Waals surface area contributed by atoms with Crippen LogP contribution in [0.1, 0.15) is 142 Å². The zero-order chi connectivity index (χ0) is 99.7. The van der Waals surface area contributed by atoms with E-state index in [2.05, 4.69) is 26.3 Å². The van der Waals surface area contributed by atoms with E-state index in [9.17, 15) is 76.7 Å². The van der Waals surface area contributed by atoms with Crippen molar-refractivity contribution < 1.29 is 190 Å². The Balaban J connectivity index is 0.000000288. The van der Waals surface area contributed by atoms with Crippen molar-refractivity contribution in [3.8, 4) is 46.0 Å². The van der Waals surface area contributed by atoms with Crippen LogP contribution < -0.4 is 37.9 Å². The summed E-state index contributed by atoms with van der Waals surface area (Å²) in [4.78, 5) is 195. The normalized spacial score (nSPS) is 16.4. The lowest BCUT2D eigenvalue weighted by atomic mass is 10.1. The number of ether oxygens (including phenoxy) is 24. The molecule has 0 aromatic heterocycles. The maximum absolute atomic E-state index is 13.1. The second-order valence-corrected chi connectivity index (χ2v) is 29.8. The molecule has 12 rings (SSSR count). The standard InChI is InChI=1S/2C50H46O20.CH4/c2*1-3-41(51)59-25-5-7-27-61-49(57)67-37-21-13-31(14-22-37)45(53)65-35-17-9-33(10-18-35)47(55)69-39-29-63-44-40(30-64-43(39)44)70-48(56)34-11-19-36(20-12-34)66-46(54)32-15-23-38(24-16-32)68-50(58)62-28-8-6-26-60-42(52)4-2;/h2*3-4,9-24,39-40,43-44H,1-2,5-8,25-30H2;1H4/t39-,40?,43+,44+;39-,40?,43-,44-;/m01./s1. The van der Waals surface area contributed by atoms with Crippen molar-refractivity contribution in [1.29, 1.82) is 0 Å². The van der Waals surface area contributed by atoms with E-state index in [4.69, 9.17) is 114 Å². The van der Waals surface area contributed by atoms with Crippen LogP contribution >= 0.6 is 0 Å². The van der Waals surface area contributed by atoms with Gasteiger partial charge in [0.1, 0.15) is 70.4 Å². The van der Waals surface area contributed by atoms with Crippen LogP contribution in [0, 0.1) is 0 Å². The Bertz CT molecular complexity index is 5000. The van der Waals surface area contributed by atoms with Gasteiger partial charge in [-0.1, -0.05) is 33.7 Å². The van der Waals surface area contributed by atoms with E-state index < -0.39 is 145 Å². The molecule has 2 unspecified atom stereocenters. The Hall–Kier alpha value is -16.7. The van der Waals surface area contributed by atoms with E-state index in [1.807, 2.05) is 0 Å². The van der Waals surface area contributed by atoms with Crippen LogP contribution in [0.2, 0.25) is 0 Å². The first-order valence-electron chi connectivity index (χ1n) is 43.3. The molecular formula is C101H96O40. The molecule has 4 saturated heterocycles. The van der Waals surface area contributed by atoms with E-state index in [0.29, 0.717) is 51.4 Å². The van der Waals surface area contributed by atoms with Crippen molar-refractivity contribution in [2.75, 3.05) is 79.3 Å². The summed E-state index contributed by atoms with van der Waals surface area (Å²) in [7, 11) is 0. The molecule has 8 aromatic rings. The summed E-state index contributed by atoms with van der Waals surface area (Å²) in [5.41, 5.74) is 1.23. The molecule has 0 aliphatic carbocycles. The van der Waals surface area contributed by atoms with Gasteiger partial charge in [-0.3, -0.25) is 0 Å². The maximum Gasteiger partial charge on any atom is 0.513 e. The predicted octanol–water partition coefficient (Wildman–Crippen LogP) is 14.1. The van der Waals surface area contributed by atoms with Gasteiger partial charge in [0.25, 0.3) is 0 Å². The summed E-state index contributed by atoms with van der Waals surface area (Å²) in [5.74, 6) is -6.70. The third-order valence-electron chi connectivity index (χ3n) is 20.0. The van der Waals surface area contributed by atoms with Crippen LogP contribution in [-0.2, 0) is 95.0 Å². The Morgan fingerprint density at radius 1 is 0.213 bits per heavy atom. The fourth-order valence-corrected chi connectivity index (χ4v) is 12.9. The number of hydrogen-bond acceptors (Lipinski definition) is 40. The monoisotopic (exact) mass is 1950 g/mol. The Labute approximate surface area is 805 Å². The van der Waals surface area contributed by atoms with E-state index in [-0.39, 0.29) is 177 Å². The molecule has 40 nitrogen and oxygen atoms in total. The molecule has 0 N–H and O–H groups in total. The van der Waals surface area contributed by atoms with Crippen molar-refractivity contribution in [1.82, 2.24) is 0 Å². The fourth-order valence-electron chi connectivity index (χ4n) is 12.9. The minimum absolute atomic E-state index is 0. The molecule has 4 fully saturated rings. The first-order valence-corrected chi connectivity index (χ1v) is 43.3. The number of carbonyl (C=O) groups excluding carboxylic acids is 16. The lowest BCUT2D eigenvalue weighted by Gasteiger charge is -2.17. The topological polar surface area (TPSA) is 495 Å². The Morgan fingerprint density at radius 3 is 0.511 bits per heavy atom. The largest absolute Gasteiger partial charge is 0.513 e. The molecule has 8 atom stereocenters. The number of benzene rings is 8. The quantitative estimate of drug-likeness (QED) is 0.00854. The third-order valence-corrected chi connectivity index (χ3v) is 20.0. The van der Waals surface area contributed by atoms with Crippen LogP contribution in [0.25, 0.3) is 0 Å². The zero-order valence-corrected chi connectivity index (χ0v) is 74.7. The summed E-state index contributed by atoms with van der Waals surface area (Å²) in [6.07, 6.45) is -2.00. The van der Waals surface area contributed by atoms with E-state index >= 15 is 0 Å². The van der Waals surface area contributed by atoms with Crippen LogP contribution in [0.15, 0.2) is 245 Å². The summed E-state index contributed by atoms with van der Waals surface area (Å²) >= 11 is 0. The smallest absolute Gasteiger partial charge is 0.463 e. The first-order chi connectivity index (χ1) is 67.8. The number of carbonyl (C=O) groups is 16. The first kappa shape index (κ1) is 106. The van der Waals surface area contributed by atoms with Gasteiger partial charge in [-0.15, -0.1) is 0 Å². The van der Waals surface area contributed by atoms with E-state index in [1.54, 1.807) is 0 Å². The highest BCUT2D eigenvalue weighted by atomic mass is 16.8. The number of fused-ring (bicyclic) bond motifs is 2. The maximum atomic E-state index is 13.1. The lowest BCUT2D eigenvalue weighted by molar-refractivity contribution is -0.138. The van der Waals surface area contributed by atoms with Crippen molar-refractivity contribution in [3.05, 3.63) is 289 Å². The molecule has 4 aliphatic heterocycles. The molecule has 8 aromatic carbocycles. The lowest BCUT2D eigenvalue weighted by Crippen LogP contribution is -2.36. The molecule has 0 amide bonds. The molecule has 0 radical (unpaired) electrons. The van der Waals surface area contributed by atoms with Gasteiger partial charge in [-0.25, -0.2) is 76.7 Å². The van der Waals surface area contributed by atoms with Crippen molar-refractivity contribution in [2.45, 2.75) is 108 Å². The van der Waals surface area contributed by atoms with Crippen LogP contribution in [0.4, 0.5) is 19.2 Å².